The van der Waals surface area contributed by atoms with E-state index in [-0.39, 0.29) is 58.5 Å². The third-order valence-corrected chi connectivity index (χ3v) is 6.99. The van der Waals surface area contributed by atoms with E-state index in [1.54, 1.807) is 0 Å². The summed E-state index contributed by atoms with van der Waals surface area (Å²) in [5.41, 5.74) is -0.816. The molecule has 4 rings (SSSR count). The molecule has 2 fully saturated rings. The zero-order chi connectivity index (χ0) is 19.5. The van der Waals surface area contributed by atoms with Crippen LogP contribution in [0.3, 0.4) is 0 Å². The number of nitrogens with one attached hydrogen (secondary N) is 1. The molecular weight excluding hydrogens is 382 g/mol. The molecule has 2 aromatic rings. The monoisotopic (exact) mass is 400 g/mol. The number of amides is 1. The van der Waals surface area contributed by atoms with Crippen molar-refractivity contribution in [2.24, 2.45) is 11.8 Å². The first-order valence-corrected chi connectivity index (χ1v) is 10.2. The molecule has 10 heteroatoms. The van der Waals surface area contributed by atoms with Gasteiger partial charge in [-0.15, -0.1) is 0 Å². The summed E-state index contributed by atoms with van der Waals surface area (Å²) in [7, 11) is -2.61. The molecular formula is C17H18F2N2O5S. The summed E-state index contributed by atoms with van der Waals surface area (Å²) in [6.07, 6.45) is 1.27. The predicted molar refractivity (Wildman–Crippen MR) is 94.4 cm³/mol. The molecule has 0 spiro atoms. The molecule has 1 saturated carbocycles. The van der Waals surface area contributed by atoms with E-state index in [2.05, 4.69) is 5.32 Å². The number of carbonyl (C=O) groups excluding carboxylic acids is 1. The van der Waals surface area contributed by atoms with Gasteiger partial charge >= 0.3 is 5.63 Å². The van der Waals surface area contributed by atoms with Crippen LogP contribution in [-0.2, 0) is 11.5 Å². The van der Waals surface area contributed by atoms with E-state index in [0.29, 0.717) is 0 Å². The highest BCUT2D eigenvalue weighted by atomic mass is 32.3. The highest BCUT2D eigenvalue weighted by Gasteiger charge is 2.60. The molecule has 7 nitrogen and oxygen atoms in total. The number of hydrogen-bond donors (Lipinski definition) is 3. The van der Waals surface area contributed by atoms with Gasteiger partial charge in [0.2, 0.25) is 5.91 Å². The third-order valence-electron chi connectivity index (χ3n) is 5.15. The Morgan fingerprint density at radius 3 is 2.44 bits per heavy atom. The zero-order valence-corrected chi connectivity index (χ0v) is 15.1. The Kier molecular flexibility index (Phi) is 4.17. The van der Waals surface area contributed by atoms with Crippen LogP contribution in [-0.4, -0.2) is 31.3 Å². The SMILES string of the molecule is CC(=O)NCn1cc(-c2cc(F)c(C3[C@H]4CS(O)(O)C[C@@H]34)c(F)c2)c(=O)o1. The van der Waals surface area contributed by atoms with E-state index >= 15 is 0 Å². The summed E-state index contributed by atoms with van der Waals surface area (Å²) in [6.45, 7) is 1.23. The molecule has 1 saturated heterocycles. The molecule has 27 heavy (non-hydrogen) atoms. The van der Waals surface area contributed by atoms with Crippen molar-refractivity contribution < 1.29 is 27.2 Å². The lowest BCUT2D eigenvalue weighted by molar-refractivity contribution is -0.119. The van der Waals surface area contributed by atoms with Crippen LogP contribution in [0, 0.1) is 23.5 Å². The highest BCUT2D eigenvalue weighted by Crippen LogP contribution is 2.69. The van der Waals surface area contributed by atoms with Gasteiger partial charge in [0, 0.05) is 24.0 Å². The van der Waals surface area contributed by atoms with Gasteiger partial charge in [-0.3, -0.25) is 13.9 Å². The molecule has 1 unspecified atom stereocenters. The van der Waals surface area contributed by atoms with Crippen molar-refractivity contribution in [3.63, 3.8) is 0 Å². The Morgan fingerprint density at radius 2 is 1.89 bits per heavy atom. The summed E-state index contributed by atoms with van der Waals surface area (Å²) >= 11 is 0. The van der Waals surface area contributed by atoms with Crippen LogP contribution in [0.25, 0.3) is 11.1 Å². The third kappa shape index (κ3) is 3.28. The first-order valence-electron chi connectivity index (χ1n) is 8.34. The summed E-state index contributed by atoms with van der Waals surface area (Å²) in [5, 5.41) is 2.44. The van der Waals surface area contributed by atoms with E-state index < -0.39 is 27.8 Å². The summed E-state index contributed by atoms with van der Waals surface area (Å²) in [6, 6.07) is 2.17. The lowest BCUT2D eigenvalue weighted by atomic mass is 10.0. The average Bonchev–Trinajstić information content (AvgIpc) is 2.90. The zero-order valence-electron chi connectivity index (χ0n) is 14.3. The minimum absolute atomic E-state index is 0.0186. The Bertz CT molecular complexity index is 949. The number of halogens is 2. The Hall–Kier alpha value is -2.17. The second kappa shape index (κ2) is 6.18. The Labute approximate surface area is 154 Å². The number of nitrogens with zero attached hydrogens (tertiary/aromatic N) is 1. The fraction of sp³-hybridized carbons (Fsp3) is 0.412. The van der Waals surface area contributed by atoms with Crippen molar-refractivity contribution in [2.45, 2.75) is 19.5 Å². The van der Waals surface area contributed by atoms with E-state index in [1.807, 2.05) is 0 Å². The van der Waals surface area contributed by atoms with E-state index in [0.717, 1.165) is 16.9 Å². The van der Waals surface area contributed by atoms with Crippen molar-refractivity contribution in [2.75, 3.05) is 11.5 Å². The van der Waals surface area contributed by atoms with Crippen LogP contribution in [0.5, 0.6) is 0 Å². The van der Waals surface area contributed by atoms with Crippen LogP contribution >= 0.6 is 10.6 Å². The molecule has 0 radical (unpaired) electrons. The van der Waals surface area contributed by atoms with Gasteiger partial charge in [0.15, 0.2) is 0 Å². The molecule has 0 bridgehead atoms. The molecule has 1 aromatic heterocycles. The maximum absolute atomic E-state index is 14.6. The van der Waals surface area contributed by atoms with Crippen molar-refractivity contribution >= 4 is 16.5 Å². The molecule has 1 amide bonds. The maximum Gasteiger partial charge on any atom is 0.365 e. The standard InChI is InChI=1S/C17H18F2N2O5S/c1-8(22)20-7-21-4-10(17(23)26-21)9-2-13(18)16(14(19)3-9)15-11-5-27(24,25)6-12(11)15/h2-4,11-12,15,24-25H,5-7H2,1H3,(H,20,22)/t11-,12+,15?. The van der Waals surface area contributed by atoms with Gasteiger partial charge in [-0.25, -0.2) is 13.6 Å². The van der Waals surface area contributed by atoms with Gasteiger partial charge < -0.3 is 9.84 Å². The largest absolute Gasteiger partial charge is 0.365 e. The van der Waals surface area contributed by atoms with Gasteiger partial charge in [0.05, 0.1) is 11.8 Å². The van der Waals surface area contributed by atoms with E-state index in [1.165, 1.54) is 13.1 Å². The van der Waals surface area contributed by atoms with Gasteiger partial charge in [0.1, 0.15) is 18.3 Å². The van der Waals surface area contributed by atoms with Crippen LogP contribution < -0.4 is 10.9 Å². The first-order chi connectivity index (χ1) is 12.7. The summed E-state index contributed by atoms with van der Waals surface area (Å²) in [5.74, 6) is -2.09. The Balaban J connectivity index is 1.60. The van der Waals surface area contributed by atoms with Gasteiger partial charge in [-0.1, -0.05) is 0 Å². The van der Waals surface area contributed by atoms with Crippen molar-refractivity contribution in [3.05, 3.63) is 45.9 Å². The van der Waals surface area contributed by atoms with Gasteiger partial charge in [0.25, 0.3) is 0 Å². The first kappa shape index (κ1) is 18.2. The molecule has 3 atom stereocenters. The van der Waals surface area contributed by atoms with Crippen LogP contribution in [0.2, 0.25) is 0 Å². The normalized spacial score (nSPS) is 26.5. The summed E-state index contributed by atoms with van der Waals surface area (Å²) < 4.78 is 54.6. The topological polar surface area (TPSA) is 105 Å². The average molecular weight is 400 g/mol. The number of hydrogen-bond acceptors (Lipinski definition) is 5. The minimum Gasteiger partial charge on any atom is -0.336 e. The summed E-state index contributed by atoms with van der Waals surface area (Å²) in [4.78, 5) is 22.9. The second-order valence-electron chi connectivity index (χ2n) is 7.07. The molecule has 1 aromatic carbocycles. The van der Waals surface area contributed by atoms with Crippen molar-refractivity contribution in [3.8, 4) is 11.1 Å². The molecule has 3 N–H and O–H groups in total. The van der Waals surface area contributed by atoms with Gasteiger partial charge in [-0.2, -0.15) is 15.3 Å². The number of carbonyl (C=O) groups is 1. The van der Waals surface area contributed by atoms with Gasteiger partial charge in [-0.05, 0) is 35.4 Å². The minimum atomic E-state index is -2.61. The fourth-order valence-corrected chi connectivity index (χ4v) is 6.19. The van der Waals surface area contributed by atoms with Crippen molar-refractivity contribution in [1.82, 2.24) is 10.1 Å². The number of aromatic nitrogens is 1. The molecule has 1 aliphatic heterocycles. The molecule has 146 valence electrons. The lowest BCUT2D eigenvalue weighted by Gasteiger charge is -2.29. The van der Waals surface area contributed by atoms with Crippen LogP contribution in [0.4, 0.5) is 8.78 Å². The number of benzene rings is 1. The maximum atomic E-state index is 14.6. The Morgan fingerprint density at radius 1 is 1.30 bits per heavy atom. The fourth-order valence-electron chi connectivity index (χ4n) is 3.91. The second-order valence-corrected chi connectivity index (χ2v) is 9.34. The van der Waals surface area contributed by atoms with E-state index in [4.69, 9.17) is 4.52 Å². The quantitative estimate of drug-likeness (QED) is 0.732. The highest BCUT2D eigenvalue weighted by molar-refractivity contribution is 8.24. The predicted octanol–water partition coefficient (Wildman–Crippen LogP) is 2.57. The van der Waals surface area contributed by atoms with Crippen LogP contribution in [0.1, 0.15) is 18.4 Å². The van der Waals surface area contributed by atoms with Crippen LogP contribution in [0.15, 0.2) is 27.6 Å². The molecule has 2 aliphatic rings. The van der Waals surface area contributed by atoms with E-state index in [9.17, 15) is 27.5 Å². The van der Waals surface area contributed by atoms with Crippen molar-refractivity contribution in [1.29, 1.82) is 0 Å². The number of rotatable bonds is 4. The number of fused-ring (bicyclic) bond motifs is 1. The molecule has 2 heterocycles. The lowest BCUT2D eigenvalue weighted by Crippen LogP contribution is -2.22. The molecule has 1 aliphatic carbocycles. The smallest absolute Gasteiger partial charge is 0.336 e.